The first-order chi connectivity index (χ1) is 26.1. The van der Waals surface area contributed by atoms with Crippen LogP contribution in [0.15, 0.2) is 164 Å². The lowest BCUT2D eigenvalue weighted by Crippen LogP contribution is -2.24. The number of pyridine rings is 2. The van der Waals surface area contributed by atoms with Crippen LogP contribution in [0.3, 0.4) is 0 Å². The molecule has 0 fully saturated rings. The Morgan fingerprint density at radius 3 is 2.21 bits per heavy atom. The van der Waals surface area contributed by atoms with E-state index in [1.165, 1.54) is 12.1 Å². The zero-order valence-electron chi connectivity index (χ0n) is 28.2. The van der Waals surface area contributed by atoms with Gasteiger partial charge in [-0.25, -0.2) is 13.8 Å². The van der Waals surface area contributed by atoms with Gasteiger partial charge in [0, 0.05) is 52.4 Å². The topological polar surface area (TPSA) is 46.4 Å². The van der Waals surface area contributed by atoms with E-state index < -0.39 is 11.6 Å². The third-order valence-corrected chi connectivity index (χ3v) is 9.85. The van der Waals surface area contributed by atoms with Gasteiger partial charge in [0.25, 0.3) is 0 Å². The van der Waals surface area contributed by atoms with Gasteiger partial charge in [-0.1, -0.05) is 48.5 Å². The Labute approximate surface area is 303 Å². The summed E-state index contributed by atoms with van der Waals surface area (Å²) in [6, 6.07) is 48.3. The maximum absolute atomic E-state index is 15.2. The largest absolute Gasteiger partial charge is 0.457 e. The van der Waals surface area contributed by atoms with Gasteiger partial charge in [-0.05, 0) is 96.1 Å². The van der Waals surface area contributed by atoms with E-state index in [9.17, 15) is 4.39 Å². The number of hydrogen-bond donors (Lipinski definition) is 0. The van der Waals surface area contributed by atoms with Crippen molar-refractivity contribution in [3.8, 4) is 28.4 Å². The lowest BCUT2D eigenvalue weighted by Gasteiger charge is -2.23. The quantitative estimate of drug-likeness (QED) is 0.173. The summed E-state index contributed by atoms with van der Waals surface area (Å²) >= 11 is 0. The highest BCUT2D eigenvalue weighted by atomic mass is 19.1. The number of anilines is 4. The molecule has 0 aliphatic carbocycles. The van der Waals surface area contributed by atoms with Crippen LogP contribution in [0, 0.1) is 11.6 Å². The number of hydrogen-bond acceptors (Lipinski definition) is 5. The monoisotopic (exact) mass is 693 g/mol. The first kappa shape index (κ1) is 30.7. The van der Waals surface area contributed by atoms with Crippen LogP contribution < -0.4 is 14.5 Å². The van der Waals surface area contributed by atoms with Crippen LogP contribution in [0.25, 0.3) is 49.7 Å². The Kier molecular flexibility index (Phi) is 7.14. The van der Waals surface area contributed by atoms with Crippen molar-refractivity contribution in [1.82, 2.24) is 14.5 Å². The molecule has 1 aliphatic rings. The Hall–Kier alpha value is -7.06. The van der Waals surface area contributed by atoms with Gasteiger partial charge < -0.3 is 14.5 Å². The smallest absolute Gasteiger partial charge is 0.149 e. The fourth-order valence-electron chi connectivity index (χ4n) is 7.44. The molecule has 4 heterocycles. The van der Waals surface area contributed by atoms with Crippen molar-refractivity contribution in [3.05, 3.63) is 176 Å². The SMILES string of the molecule is Fc1ccc(N2CN(c3cc(Oc4ccc5c6ccccc6n(-c6ccccn6)c5c4)cc(-c4ccc5ncccc5c4)c3)c3ccccc32)c(F)c1. The van der Waals surface area contributed by atoms with Gasteiger partial charge in [-0.15, -0.1) is 0 Å². The summed E-state index contributed by atoms with van der Waals surface area (Å²) in [6.07, 6.45) is 3.59. The predicted octanol–water partition coefficient (Wildman–Crippen LogP) is 11.7. The molecular formula is C45H29F2N5O. The lowest BCUT2D eigenvalue weighted by molar-refractivity contribution is 0.483. The van der Waals surface area contributed by atoms with Crippen LogP contribution in [-0.2, 0) is 0 Å². The maximum Gasteiger partial charge on any atom is 0.149 e. The second-order valence-electron chi connectivity index (χ2n) is 13.0. The second-order valence-corrected chi connectivity index (χ2v) is 13.0. The molecule has 0 bridgehead atoms. The van der Waals surface area contributed by atoms with E-state index in [4.69, 9.17) is 4.74 Å². The number of ether oxygens (including phenoxy) is 1. The molecule has 9 aromatic rings. The van der Waals surface area contributed by atoms with Crippen molar-refractivity contribution in [3.63, 3.8) is 0 Å². The molecule has 254 valence electrons. The van der Waals surface area contributed by atoms with E-state index in [1.807, 2.05) is 89.8 Å². The van der Waals surface area contributed by atoms with Crippen LogP contribution in [-0.4, -0.2) is 21.2 Å². The number of para-hydroxylation sites is 3. The van der Waals surface area contributed by atoms with Gasteiger partial charge in [-0.3, -0.25) is 9.55 Å². The highest BCUT2D eigenvalue weighted by Gasteiger charge is 2.30. The summed E-state index contributed by atoms with van der Waals surface area (Å²) in [4.78, 5) is 13.2. The molecule has 0 saturated heterocycles. The van der Waals surface area contributed by atoms with Crippen molar-refractivity contribution in [2.75, 3.05) is 16.5 Å². The molecule has 0 spiro atoms. The van der Waals surface area contributed by atoms with Gasteiger partial charge in [-0.2, -0.15) is 0 Å². The van der Waals surface area contributed by atoms with Crippen LogP contribution >= 0.6 is 0 Å². The average molecular weight is 694 g/mol. The predicted molar refractivity (Wildman–Crippen MR) is 208 cm³/mol. The van der Waals surface area contributed by atoms with Crippen LogP contribution in [0.1, 0.15) is 0 Å². The highest BCUT2D eigenvalue weighted by molar-refractivity contribution is 6.09. The molecule has 0 radical (unpaired) electrons. The molecule has 8 heteroatoms. The summed E-state index contributed by atoms with van der Waals surface area (Å²) in [5.41, 5.74) is 7.74. The van der Waals surface area contributed by atoms with Crippen LogP contribution in [0.5, 0.6) is 11.5 Å². The van der Waals surface area contributed by atoms with Crippen LogP contribution in [0.2, 0.25) is 0 Å². The van der Waals surface area contributed by atoms with Crippen molar-refractivity contribution in [2.24, 2.45) is 0 Å². The number of aromatic nitrogens is 3. The molecule has 6 nitrogen and oxygen atoms in total. The number of fused-ring (bicyclic) bond motifs is 5. The molecule has 53 heavy (non-hydrogen) atoms. The molecule has 0 atom stereocenters. The zero-order chi connectivity index (χ0) is 35.5. The molecule has 0 amide bonds. The third kappa shape index (κ3) is 5.31. The molecule has 10 rings (SSSR count). The van der Waals surface area contributed by atoms with Crippen LogP contribution in [0.4, 0.5) is 31.5 Å². The number of nitrogens with zero attached hydrogens (tertiary/aromatic N) is 5. The van der Waals surface area contributed by atoms with E-state index in [-0.39, 0.29) is 0 Å². The standard InChI is InChI=1S/C45H29F2N5O/c46-32-15-19-41(38(47)25-32)51-28-50(42-11-3-4-12-43(42)51)33-23-31(29-14-18-39-30(22-29)8-7-21-48-39)24-35(26-33)53-34-16-17-37-36-9-1-2-10-40(36)52(44(37)27-34)45-13-5-6-20-49-45/h1-27H,28H2. The van der Waals surface area contributed by atoms with Crippen molar-refractivity contribution in [1.29, 1.82) is 0 Å². The molecule has 0 saturated carbocycles. The first-order valence-corrected chi connectivity index (χ1v) is 17.3. The minimum atomic E-state index is -0.622. The summed E-state index contributed by atoms with van der Waals surface area (Å²) in [7, 11) is 0. The maximum atomic E-state index is 15.2. The number of rotatable bonds is 6. The van der Waals surface area contributed by atoms with Gasteiger partial charge in [0.2, 0.25) is 0 Å². The van der Waals surface area contributed by atoms with E-state index in [0.717, 1.165) is 72.8 Å². The Morgan fingerprint density at radius 2 is 1.34 bits per heavy atom. The summed E-state index contributed by atoms with van der Waals surface area (Å²) in [6.45, 7) is 0.308. The molecule has 0 N–H and O–H groups in total. The Morgan fingerprint density at radius 1 is 0.528 bits per heavy atom. The van der Waals surface area contributed by atoms with Crippen molar-refractivity contribution < 1.29 is 13.5 Å². The van der Waals surface area contributed by atoms with E-state index in [1.54, 1.807) is 12.4 Å². The molecule has 1 aliphatic heterocycles. The minimum Gasteiger partial charge on any atom is -0.457 e. The summed E-state index contributed by atoms with van der Waals surface area (Å²) < 4.78 is 38.1. The normalized spacial score (nSPS) is 12.6. The Balaban J connectivity index is 1.11. The van der Waals surface area contributed by atoms with Gasteiger partial charge in [0.1, 0.15) is 35.6 Å². The van der Waals surface area contributed by atoms with Crippen molar-refractivity contribution >= 4 is 55.5 Å². The van der Waals surface area contributed by atoms with Crippen molar-refractivity contribution in [2.45, 2.75) is 0 Å². The minimum absolute atomic E-state index is 0.299. The van der Waals surface area contributed by atoms with Gasteiger partial charge in [0.15, 0.2) is 0 Å². The fraction of sp³-hybridized carbons (Fsp3) is 0.0222. The van der Waals surface area contributed by atoms with Gasteiger partial charge in [0.05, 0.1) is 33.6 Å². The second kappa shape index (κ2) is 12.3. The lowest BCUT2D eigenvalue weighted by atomic mass is 10.0. The first-order valence-electron chi connectivity index (χ1n) is 17.3. The Bertz CT molecular complexity index is 2850. The fourth-order valence-corrected chi connectivity index (χ4v) is 7.44. The average Bonchev–Trinajstić information content (AvgIpc) is 3.74. The molecule has 0 unspecified atom stereocenters. The highest BCUT2D eigenvalue weighted by Crippen LogP contribution is 2.47. The zero-order valence-corrected chi connectivity index (χ0v) is 28.2. The van der Waals surface area contributed by atoms with E-state index in [2.05, 4.69) is 68.0 Å². The third-order valence-electron chi connectivity index (χ3n) is 9.85. The van der Waals surface area contributed by atoms with E-state index >= 15 is 4.39 Å². The number of benzene rings is 6. The summed E-state index contributed by atoms with van der Waals surface area (Å²) in [5, 5.41) is 3.25. The molecular weight excluding hydrogens is 665 g/mol. The molecule has 3 aromatic heterocycles. The van der Waals surface area contributed by atoms with E-state index in [0.29, 0.717) is 23.9 Å². The van der Waals surface area contributed by atoms with Gasteiger partial charge >= 0.3 is 0 Å². The number of halogens is 2. The molecule has 6 aromatic carbocycles. The summed E-state index contributed by atoms with van der Waals surface area (Å²) in [5.74, 6) is 0.880.